The van der Waals surface area contributed by atoms with Gasteiger partial charge in [-0.15, -0.1) is 0 Å². The van der Waals surface area contributed by atoms with Crippen molar-refractivity contribution in [2.45, 2.75) is 32.7 Å². The maximum atomic E-state index is 12.8. The summed E-state index contributed by atoms with van der Waals surface area (Å²) in [5.41, 5.74) is 1.62. The first-order valence-electron chi connectivity index (χ1n) is 8.51. The van der Waals surface area contributed by atoms with Crippen molar-refractivity contribution in [3.8, 4) is 11.3 Å². The highest BCUT2D eigenvalue weighted by molar-refractivity contribution is 6.33. The van der Waals surface area contributed by atoms with Crippen molar-refractivity contribution in [2.24, 2.45) is 14.1 Å². The molecule has 0 saturated heterocycles. The molecule has 1 aromatic carbocycles. The molecular formula is C19H22ClN3O2. The fourth-order valence-corrected chi connectivity index (χ4v) is 3.47. The van der Waals surface area contributed by atoms with E-state index in [4.69, 9.17) is 11.6 Å². The van der Waals surface area contributed by atoms with Crippen LogP contribution in [0.3, 0.4) is 0 Å². The molecule has 0 N–H and O–H groups in total. The molecule has 6 heteroatoms. The van der Waals surface area contributed by atoms with Crippen LogP contribution in [0.15, 0.2) is 40.1 Å². The first-order chi connectivity index (χ1) is 12.0. The van der Waals surface area contributed by atoms with Crippen LogP contribution in [0.1, 0.15) is 26.2 Å². The highest BCUT2D eigenvalue weighted by Crippen LogP contribution is 2.33. The summed E-state index contributed by atoms with van der Waals surface area (Å²) in [6.07, 6.45) is 5.12. The molecule has 0 atom stereocenters. The van der Waals surface area contributed by atoms with E-state index in [1.807, 2.05) is 30.5 Å². The molecule has 0 bridgehead atoms. The van der Waals surface area contributed by atoms with Gasteiger partial charge in [-0.25, -0.2) is 4.79 Å². The van der Waals surface area contributed by atoms with Crippen LogP contribution in [-0.4, -0.2) is 13.7 Å². The van der Waals surface area contributed by atoms with E-state index in [1.54, 1.807) is 7.05 Å². The van der Waals surface area contributed by atoms with Crippen molar-refractivity contribution in [1.82, 2.24) is 13.7 Å². The SMILES string of the molecule is CCCCCn1cc2c(c1-c1ccccc1Cl)c(=O)n(C)c(=O)n2C. The van der Waals surface area contributed by atoms with Crippen LogP contribution >= 0.6 is 11.6 Å². The molecule has 0 unspecified atom stereocenters. The number of halogens is 1. The maximum absolute atomic E-state index is 12.8. The van der Waals surface area contributed by atoms with E-state index < -0.39 is 0 Å². The van der Waals surface area contributed by atoms with Gasteiger partial charge in [0.05, 0.1) is 16.6 Å². The van der Waals surface area contributed by atoms with Gasteiger partial charge in [-0.05, 0) is 12.5 Å². The molecule has 3 aromatic rings. The standard InChI is InChI=1S/C19H22ClN3O2/c1-4-5-8-11-23-12-15-16(18(24)22(3)19(25)21(15)2)17(23)13-9-6-7-10-14(13)20/h6-7,9-10,12H,4-5,8,11H2,1-3H3. The lowest BCUT2D eigenvalue weighted by Crippen LogP contribution is -2.36. The second-order valence-electron chi connectivity index (χ2n) is 6.32. The number of unbranched alkanes of at least 4 members (excludes halogenated alkanes) is 2. The molecule has 0 aliphatic heterocycles. The number of benzene rings is 1. The molecule has 25 heavy (non-hydrogen) atoms. The van der Waals surface area contributed by atoms with Gasteiger partial charge in [-0.3, -0.25) is 13.9 Å². The van der Waals surface area contributed by atoms with Gasteiger partial charge >= 0.3 is 5.69 Å². The number of hydrogen-bond donors (Lipinski definition) is 0. The van der Waals surface area contributed by atoms with Crippen molar-refractivity contribution in [3.63, 3.8) is 0 Å². The molecule has 0 spiro atoms. The Morgan fingerprint density at radius 3 is 2.44 bits per heavy atom. The molecule has 0 saturated carbocycles. The largest absolute Gasteiger partial charge is 0.345 e. The summed E-state index contributed by atoms with van der Waals surface area (Å²) in [7, 11) is 3.20. The van der Waals surface area contributed by atoms with E-state index >= 15 is 0 Å². The van der Waals surface area contributed by atoms with E-state index in [0.717, 1.165) is 41.6 Å². The van der Waals surface area contributed by atoms with Gasteiger partial charge in [0.2, 0.25) is 0 Å². The summed E-state index contributed by atoms with van der Waals surface area (Å²) in [4.78, 5) is 25.1. The normalized spacial score (nSPS) is 11.4. The first kappa shape index (κ1) is 17.5. The van der Waals surface area contributed by atoms with Crippen molar-refractivity contribution in [1.29, 1.82) is 0 Å². The third-order valence-corrected chi connectivity index (χ3v) is 4.97. The Labute approximate surface area is 151 Å². The topological polar surface area (TPSA) is 48.9 Å². The molecule has 0 aliphatic carbocycles. The summed E-state index contributed by atoms with van der Waals surface area (Å²) in [5.74, 6) is 0. The maximum Gasteiger partial charge on any atom is 0.330 e. The zero-order chi connectivity index (χ0) is 18.1. The Morgan fingerprint density at radius 2 is 1.76 bits per heavy atom. The molecule has 2 heterocycles. The van der Waals surface area contributed by atoms with E-state index in [1.165, 1.54) is 11.6 Å². The lowest BCUT2D eigenvalue weighted by Gasteiger charge is -2.11. The van der Waals surface area contributed by atoms with Crippen LogP contribution < -0.4 is 11.2 Å². The zero-order valence-electron chi connectivity index (χ0n) is 14.8. The van der Waals surface area contributed by atoms with Crippen LogP contribution in [0.5, 0.6) is 0 Å². The average molecular weight is 360 g/mol. The molecule has 2 aromatic heterocycles. The van der Waals surface area contributed by atoms with Crippen molar-refractivity contribution in [3.05, 3.63) is 56.3 Å². The molecule has 132 valence electrons. The van der Waals surface area contributed by atoms with Gasteiger partial charge in [-0.1, -0.05) is 49.6 Å². The minimum atomic E-state index is -0.325. The van der Waals surface area contributed by atoms with Gasteiger partial charge in [0.1, 0.15) is 0 Å². The van der Waals surface area contributed by atoms with E-state index in [0.29, 0.717) is 15.9 Å². The predicted octanol–water partition coefficient (Wildman–Crippen LogP) is 3.55. The number of aromatic nitrogens is 3. The van der Waals surface area contributed by atoms with Crippen LogP contribution in [-0.2, 0) is 20.6 Å². The Kier molecular flexibility index (Phi) is 4.86. The van der Waals surface area contributed by atoms with Crippen molar-refractivity contribution < 1.29 is 0 Å². The first-order valence-corrected chi connectivity index (χ1v) is 8.89. The second-order valence-corrected chi connectivity index (χ2v) is 6.73. The molecule has 3 rings (SSSR count). The van der Waals surface area contributed by atoms with Gasteiger partial charge in [0.25, 0.3) is 5.56 Å². The Hall–Kier alpha value is -2.27. The molecule has 0 aliphatic rings. The Morgan fingerprint density at radius 1 is 1.04 bits per heavy atom. The monoisotopic (exact) mass is 359 g/mol. The highest BCUT2D eigenvalue weighted by atomic mass is 35.5. The van der Waals surface area contributed by atoms with Gasteiger partial charge in [-0.2, -0.15) is 0 Å². The van der Waals surface area contributed by atoms with E-state index in [9.17, 15) is 9.59 Å². The third-order valence-electron chi connectivity index (χ3n) is 4.64. The lowest BCUT2D eigenvalue weighted by atomic mass is 10.1. The Balaban J connectivity index is 2.38. The summed E-state index contributed by atoms with van der Waals surface area (Å²) in [6.45, 7) is 2.93. The van der Waals surface area contributed by atoms with Crippen molar-refractivity contribution >= 4 is 22.5 Å². The van der Waals surface area contributed by atoms with E-state index in [2.05, 4.69) is 11.5 Å². The number of hydrogen-bond acceptors (Lipinski definition) is 2. The molecule has 5 nitrogen and oxygen atoms in total. The fourth-order valence-electron chi connectivity index (χ4n) is 3.24. The fraction of sp³-hybridized carbons (Fsp3) is 0.368. The summed E-state index contributed by atoms with van der Waals surface area (Å²) < 4.78 is 4.73. The second kappa shape index (κ2) is 6.92. The third kappa shape index (κ3) is 2.93. The smallest absolute Gasteiger partial charge is 0.330 e. The van der Waals surface area contributed by atoms with Crippen LogP contribution in [0.25, 0.3) is 22.2 Å². The van der Waals surface area contributed by atoms with Crippen LogP contribution in [0.4, 0.5) is 0 Å². The van der Waals surface area contributed by atoms with Crippen LogP contribution in [0.2, 0.25) is 5.02 Å². The minimum absolute atomic E-state index is 0.290. The molecule has 0 amide bonds. The predicted molar refractivity (Wildman–Crippen MR) is 102 cm³/mol. The Bertz CT molecular complexity index is 1040. The summed E-state index contributed by atoms with van der Waals surface area (Å²) >= 11 is 6.42. The molecule has 0 radical (unpaired) electrons. The minimum Gasteiger partial charge on any atom is -0.345 e. The molecular weight excluding hydrogens is 338 g/mol. The number of aryl methyl sites for hydroxylation is 2. The number of nitrogens with zero attached hydrogens (tertiary/aromatic N) is 3. The molecule has 0 fully saturated rings. The quantitative estimate of drug-likeness (QED) is 0.654. The van der Waals surface area contributed by atoms with Gasteiger partial charge in [0, 0.05) is 37.4 Å². The van der Waals surface area contributed by atoms with E-state index in [-0.39, 0.29) is 11.2 Å². The lowest BCUT2D eigenvalue weighted by molar-refractivity contribution is 0.609. The summed E-state index contributed by atoms with van der Waals surface area (Å²) in [6, 6.07) is 7.51. The number of rotatable bonds is 5. The highest BCUT2D eigenvalue weighted by Gasteiger charge is 2.20. The average Bonchev–Trinajstić information content (AvgIpc) is 2.98. The van der Waals surface area contributed by atoms with Crippen molar-refractivity contribution in [2.75, 3.05) is 0 Å². The zero-order valence-corrected chi connectivity index (χ0v) is 15.5. The number of fused-ring (bicyclic) bond motifs is 1. The van der Waals surface area contributed by atoms with Gasteiger partial charge < -0.3 is 4.57 Å². The van der Waals surface area contributed by atoms with Crippen LogP contribution in [0, 0.1) is 0 Å². The summed E-state index contributed by atoms with van der Waals surface area (Å²) in [5, 5.41) is 1.13. The van der Waals surface area contributed by atoms with Gasteiger partial charge in [0.15, 0.2) is 0 Å².